The van der Waals surface area contributed by atoms with Crippen LogP contribution in [0.1, 0.15) is 27.0 Å². The van der Waals surface area contributed by atoms with E-state index in [1.54, 1.807) is 6.20 Å². The van der Waals surface area contributed by atoms with E-state index in [0.717, 1.165) is 33.3 Å². The van der Waals surface area contributed by atoms with Crippen molar-refractivity contribution in [3.63, 3.8) is 0 Å². The van der Waals surface area contributed by atoms with E-state index in [-0.39, 0.29) is 5.91 Å². The predicted octanol–water partition coefficient (Wildman–Crippen LogP) is 4.41. The maximum Gasteiger partial charge on any atom is 0.255 e. The van der Waals surface area contributed by atoms with Crippen molar-refractivity contribution in [1.82, 2.24) is 4.98 Å². The van der Waals surface area contributed by atoms with E-state index in [1.807, 2.05) is 63.2 Å². The topological polar surface area (TPSA) is 42.0 Å². The van der Waals surface area contributed by atoms with Crippen molar-refractivity contribution in [2.24, 2.45) is 0 Å². The van der Waals surface area contributed by atoms with Crippen molar-refractivity contribution in [2.75, 3.05) is 5.32 Å². The van der Waals surface area contributed by atoms with Crippen molar-refractivity contribution in [1.29, 1.82) is 0 Å². The zero-order valence-electron chi connectivity index (χ0n) is 13.0. The van der Waals surface area contributed by atoms with Gasteiger partial charge in [-0.2, -0.15) is 0 Å². The molecule has 0 bridgehead atoms. The summed E-state index contributed by atoms with van der Waals surface area (Å²) >= 11 is 0. The minimum Gasteiger partial charge on any atom is -0.322 e. The molecular weight excluding hydrogens is 272 g/mol. The van der Waals surface area contributed by atoms with Crippen molar-refractivity contribution in [3.8, 4) is 0 Å². The number of nitrogens with one attached hydrogen (secondary N) is 1. The van der Waals surface area contributed by atoms with Crippen LogP contribution in [-0.2, 0) is 0 Å². The molecular formula is C19H18N2O. The fraction of sp³-hybridized carbons (Fsp3) is 0.158. The quantitative estimate of drug-likeness (QED) is 0.759. The fourth-order valence-corrected chi connectivity index (χ4v) is 2.49. The number of anilines is 1. The number of aryl methyl sites for hydroxylation is 3. The third kappa shape index (κ3) is 2.70. The number of nitrogens with zero attached hydrogens (tertiary/aromatic N) is 1. The van der Waals surface area contributed by atoms with Gasteiger partial charge in [-0.1, -0.05) is 12.1 Å². The molecule has 0 saturated carbocycles. The van der Waals surface area contributed by atoms with Crippen LogP contribution in [-0.4, -0.2) is 10.9 Å². The Balaban J connectivity index is 1.95. The molecule has 1 aromatic heterocycles. The van der Waals surface area contributed by atoms with Gasteiger partial charge in [-0.05, 0) is 67.8 Å². The van der Waals surface area contributed by atoms with Gasteiger partial charge in [0.25, 0.3) is 5.91 Å². The van der Waals surface area contributed by atoms with Crippen LogP contribution in [0.5, 0.6) is 0 Å². The van der Waals surface area contributed by atoms with Crippen LogP contribution in [0.25, 0.3) is 10.9 Å². The molecule has 0 saturated heterocycles. The number of fused-ring (bicyclic) bond motifs is 1. The maximum atomic E-state index is 12.5. The molecule has 0 radical (unpaired) electrons. The Hall–Kier alpha value is -2.68. The fourth-order valence-electron chi connectivity index (χ4n) is 2.49. The Morgan fingerprint density at radius 2 is 1.77 bits per heavy atom. The Kier molecular flexibility index (Phi) is 3.63. The van der Waals surface area contributed by atoms with E-state index in [9.17, 15) is 4.79 Å². The minimum absolute atomic E-state index is 0.0983. The van der Waals surface area contributed by atoms with Gasteiger partial charge in [0.05, 0.1) is 5.52 Å². The zero-order chi connectivity index (χ0) is 15.7. The van der Waals surface area contributed by atoms with Gasteiger partial charge in [-0.15, -0.1) is 0 Å². The highest BCUT2D eigenvalue weighted by atomic mass is 16.1. The number of amides is 1. The van der Waals surface area contributed by atoms with Gasteiger partial charge < -0.3 is 5.32 Å². The summed E-state index contributed by atoms with van der Waals surface area (Å²) in [4.78, 5) is 16.8. The molecule has 0 fully saturated rings. The number of pyridine rings is 1. The Labute approximate surface area is 130 Å². The summed E-state index contributed by atoms with van der Waals surface area (Å²) in [5, 5.41) is 4.00. The van der Waals surface area contributed by atoms with Crippen LogP contribution < -0.4 is 5.32 Å². The van der Waals surface area contributed by atoms with E-state index in [2.05, 4.69) is 10.3 Å². The van der Waals surface area contributed by atoms with Crippen LogP contribution in [0.2, 0.25) is 0 Å². The van der Waals surface area contributed by atoms with Crippen LogP contribution in [0.15, 0.2) is 48.7 Å². The summed E-state index contributed by atoms with van der Waals surface area (Å²) in [7, 11) is 0. The van der Waals surface area contributed by atoms with Crippen molar-refractivity contribution < 1.29 is 4.79 Å². The van der Waals surface area contributed by atoms with Crippen LogP contribution in [0.3, 0.4) is 0 Å². The van der Waals surface area contributed by atoms with Crippen LogP contribution >= 0.6 is 0 Å². The van der Waals surface area contributed by atoms with Gasteiger partial charge >= 0.3 is 0 Å². The Morgan fingerprint density at radius 1 is 0.955 bits per heavy atom. The summed E-state index contributed by atoms with van der Waals surface area (Å²) in [5.41, 5.74) is 5.70. The smallest absolute Gasteiger partial charge is 0.255 e. The molecule has 1 N–H and O–H groups in total. The molecule has 0 spiro atoms. The lowest BCUT2D eigenvalue weighted by atomic mass is 10.1. The molecule has 0 aliphatic carbocycles. The highest BCUT2D eigenvalue weighted by molar-refractivity contribution is 6.06. The van der Waals surface area contributed by atoms with E-state index < -0.39 is 0 Å². The first-order valence-electron chi connectivity index (χ1n) is 7.28. The number of carbonyl (C=O) groups is 1. The number of carbonyl (C=O) groups excluding carboxylic acids is 1. The number of aromatic nitrogens is 1. The van der Waals surface area contributed by atoms with Gasteiger partial charge in [0.2, 0.25) is 0 Å². The van der Waals surface area contributed by atoms with Crippen molar-refractivity contribution >= 4 is 22.5 Å². The Bertz CT molecular complexity index is 868. The second kappa shape index (κ2) is 5.60. The third-order valence-corrected chi connectivity index (χ3v) is 3.86. The molecule has 110 valence electrons. The lowest BCUT2D eigenvalue weighted by Crippen LogP contribution is -2.13. The summed E-state index contributed by atoms with van der Waals surface area (Å²) in [5.74, 6) is -0.0983. The molecule has 2 aromatic carbocycles. The standard InChI is InChI=1S/C19H18N2O/c1-12-4-5-14(3)18(10-12)21-19(22)15-6-7-17-16(11-15)13(2)8-9-20-17/h4-11H,1-3H3,(H,21,22). The molecule has 3 rings (SSSR count). The summed E-state index contributed by atoms with van der Waals surface area (Å²) < 4.78 is 0. The van der Waals surface area contributed by atoms with Gasteiger partial charge in [0, 0.05) is 22.8 Å². The van der Waals surface area contributed by atoms with E-state index >= 15 is 0 Å². The summed E-state index contributed by atoms with van der Waals surface area (Å²) in [6.07, 6.45) is 1.79. The molecule has 3 aromatic rings. The average molecular weight is 290 g/mol. The first-order valence-corrected chi connectivity index (χ1v) is 7.28. The van der Waals surface area contributed by atoms with Crippen molar-refractivity contribution in [3.05, 3.63) is 70.9 Å². The summed E-state index contributed by atoms with van der Waals surface area (Å²) in [6.45, 7) is 6.03. The number of rotatable bonds is 2. The molecule has 1 heterocycles. The lowest BCUT2D eigenvalue weighted by molar-refractivity contribution is 0.102. The van der Waals surface area contributed by atoms with E-state index in [0.29, 0.717) is 5.56 Å². The highest BCUT2D eigenvalue weighted by Gasteiger charge is 2.09. The van der Waals surface area contributed by atoms with Gasteiger partial charge in [0.1, 0.15) is 0 Å². The first-order chi connectivity index (χ1) is 10.5. The number of hydrogen-bond acceptors (Lipinski definition) is 2. The molecule has 0 atom stereocenters. The average Bonchev–Trinajstić information content (AvgIpc) is 2.51. The van der Waals surface area contributed by atoms with E-state index in [1.165, 1.54) is 0 Å². The lowest BCUT2D eigenvalue weighted by Gasteiger charge is -2.10. The SMILES string of the molecule is Cc1ccc(C)c(NC(=O)c2ccc3nccc(C)c3c2)c1. The molecule has 0 unspecified atom stereocenters. The first kappa shape index (κ1) is 14.3. The molecule has 1 amide bonds. The largest absolute Gasteiger partial charge is 0.322 e. The van der Waals surface area contributed by atoms with Crippen LogP contribution in [0, 0.1) is 20.8 Å². The highest BCUT2D eigenvalue weighted by Crippen LogP contribution is 2.20. The van der Waals surface area contributed by atoms with Gasteiger partial charge in [-0.3, -0.25) is 9.78 Å². The molecule has 3 nitrogen and oxygen atoms in total. The predicted molar refractivity (Wildman–Crippen MR) is 90.3 cm³/mol. The normalized spacial score (nSPS) is 10.7. The molecule has 0 aliphatic heterocycles. The third-order valence-electron chi connectivity index (χ3n) is 3.86. The summed E-state index contributed by atoms with van der Waals surface area (Å²) in [6, 6.07) is 13.6. The van der Waals surface area contributed by atoms with Gasteiger partial charge in [0.15, 0.2) is 0 Å². The zero-order valence-corrected chi connectivity index (χ0v) is 13.0. The number of hydrogen-bond donors (Lipinski definition) is 1. The second-order valence-corrected chi connectivity index (χ2v) is 5.63. The van der Waals surface area contributed by atoms with Crippen molar-refractivity contribution in [2.45, 2.75) is 20.8 Å². The minimum atomic E-state index is -0.0983. The molecule has 0 aliphatic rings. The second-order valence-electron chi connectivity index (χ2n) is 5.63. The number of benzene rings is 2. The van der Waals surface area contributed by atoms with Gasteiger partial charge in [-0.25, -0.2) is 0 Å². The van der Waals surface area contributed by atoms with Crippen LogP contribution in [0.4, 0.5) is 5.69 Å². The monoisotopic (exact) mass is 290 g/mol. The molecule has 22 heavy (non-hydrogen) atoms. The van der Waals surface area contributed by atoms with E-state index in [4.69, 9.17) is 0 Å². The maximum absolute atomic E-state index is 12.5. The molecule has 3 heteroatoms. The Morgan fingerprint density at radius 3 is 2.59 bits per heavy atom.